The van der Waals surface area contributed by atoms with Crippen LogP contribution >= 0.6 is 0 Å². The molecule has 0 saturated carbocycles. The Balaban J connectivity index is 4.23. The highest BCUT2D eigenvalue weighted by molar-refractivity contribution is 5.71. The van der Waals surface area contributed by atoms with E-state index in [0.717, 1.165) is 63.7 Å². The van der Waals surface area contributed by atoms with Gasteiger partial charge in [0.25, 0.3) is 0 Å². The zero-order chi connectivity index (χ0) is 41.7. The van der Waals surface area contributed by atoms with E-state index in [4.69, 9.17) is 14.2 Å². The summed E-state index contributed by atoms with van der Waals surface area (Å²) in [6.45, 7) is 8.97. The van der Waals surface area contributed by atoms with E-state index < -0.39 is 6.10 Å². The number of hydrogen-bond acceptors (Lipinski definition) is 6. The molecule has 0 aliphatic rings. The van der Waals surface area contributed by atoms with E-state index >= 15 is 0 Å². The average Bonchev–Trinajstić information content (AvgIpc) is 3.19. The molecule has 0 radical (unpaired) electrons. The lowest BCUT2D eigenvalue weighted by atomic mass is 10.0. The number of rotatable bonds is 46. The summed E-state index contributed by atoms with van der Waals surface area (Å²) in [5.74, 6) is -0.0688. The molecule has 0 aliphatic carbocycles. The summed E-state index contributed by atoms with van der Waals surface area (Å²) in [5.41, 5.74) is 0. The fraction of sp³-hybridized carbons (Fsp3) is 0.941. The van der Waals surface area contributed by atoms with Crippen molar-refractivity contribution in [1.82, 2.24) is 0 Å². The molecule has 1 atom stereocenters. The molecule has 0 heterocycles. The third kappa shape index (κ3) is 45.3. The molecule has 0 N–H and O–H groups in total. The van der Waals surface area contributed by atoms with Crippen molar-refractivity contribution in [2.24, 2.45) is 5.92 Å². The van der Waals surface area contributed by atoms with Gasteiger partial charge in [0.1, 0.15) is 13.2 Å². The van der Waals surface area contributed by atoms with E-state index in [2.05, 4.69) is 27.7 Å². The largest absolute Gasteiger partial charge is 0.462 e. The van der Waals surface area contributed by atoms with Gasteiger partial charge in [-0.05, 0) is 25.2 Å². The lowest BCUT2D eigenvalue weighted by Crippen LogP contribution is -2.30. The molecule has 338 valence electrons. The third-order valence-electron chi connectivity index (χ3n) is 11.5. The first kappa shape index (κ1) is 55.4. The van der Waals surface area contributed by atoms with Crippen molar-refractivity contribution in [2.75, 3.05) is 13.2 Å². The smallest absolute Gasteiger partial charge is 0.306 e. The maximum atomic E-state index is 12.7. The van der Waals surface area contributed by atoms with Crippen molar-refractivity contribution in [3.63, 3.8) is 0 Å². The summed E-state index contributed by atoms with van der Waals surface area (Å²) in [4.78, 5) is 37.8. The molecular weight excluding hydrogens is 709 g/mol. The van der Waals surface area contributed by atoms with Gasteiger partial charge in [0.15, 0.2) is 6.10 Å². The normalized spacial score (nSPS) is 11.9. The molecule has 0 aromatic rings. The molecule has 0 fully saturated rings. The van der Waals surface area contributed by atoms with E-state index in [0.29, 0.717) is 19.3 Å². The fourth-order valence-corrected chi connectivity index (χ4v) is 7.69. The quantitative estimate of drug-likeness (QED) is 0.0346. The molecule has 0 unspecified atom stereocenters. The molecule has 6 heteroatoms. The Morgan fingerprint density at radius 2 is 0.579 bits per heavy atom. The molecule has 0 aromatic carbocycles. The molecule has 0 saturated heterocycles. The molecule has 0 rings (SSSR count). The predicted molar refractivity (Wildman–Crippen MR) is 243 cm³/mol. The van der Waals surface area contributed by atoms with Gasteiger partial charge in [0.2, 0.25) is 0 Å². The minimum Gasteiger partial charge on any atom is -0.462 e. The van der Waals surface area contributed by atoms with Crippen molar-refractivity contribution in [2.45, 2.75) is 291 Å². The maximum absolute atomic E-state index is 12.7. The van der Waals surface area contributed by atoms with Gasteiger partial charge in [0.05, 0.1) is 0 Å². The number of ether oxygens (including phenoxy) is 3. The Morgan fingerprint density at radius 3 is 0.860 bits per heavy atom. The SMILES string of the molecule is CCCCCCCCCCCCCCCCCCCCC(=O)OC[C@@H](COC(=O)CCCCCCCCCC(C)C)OC(=O)CCCCCCCCCCCCC. The van der Waals surface area contributed by atoms with Crippen LogP contribution in [-0.4, -0.2) is 37.2 Å². The molecule has 0 aliphatic heterocycles. The van der Waals surface area contributed by atoms with Crippen LogP contribution in [0, 0.1) is 5.92 Å². The van der Waals surface area contributed by atoms with Crippen LogP contribution in [0.4, 0.5) is 0 Å². The summed E-state index contributed by atoms with van der Waals surface area (Å²) < 4.78 is 16.8. The van der Waals surface area contributed by atoms with Gasteiger partial charge < -0.3 is 14.2 Å². The monoisotopic (exact) mass is 807 g/mol. The highest BCUT2D eigenvalue weighted by Crippen LogP contribution is 2.17. The zero-order valence-corrected chi connectivity index (χ0v) is 38.8. The van der Waals surface area contributed by atoms with Gasteiger partial charge >= 0.3 is 17.9 Å². The van der Waals surface area contributed by atoms with Gasteiger partial charge in [-0.1, -0.05) is 246 Å². The number of unbranched alkanes of at least 4 members (excludes halogenated alkanes) is 33. The van der Waals surface area contributed by atoms with Crippen LogP contribution in [-0.2, 0) is 28.6 Å². The van der Waals surface area contributed by atoms with Crippen LogP contribution in [0.3, 0.4) is 0 Å². The Hall–Kier alpha value is -1.59. The van der Waals surface area contributed by atoms with Gasteiger partial charge in [0, 0.05) is 19.3 Å². The summed E-state index contributed by atoms with van der Waals surface area (Å²) in [6.07, 6.45) is 46.7. The van der Waals surface area contributed by atoms with Gasteiger partial charge in [-0.15, -0.1) is 0 Å². The molecular formula is C51H98O6. The number of carbonyl (C=O) groups excluding carboxylic acids is 3. The van der Waals surface area contributed by atoms with Crippen molar-refractivity contribution in [3.05, 3.63) is 0 Å². The number of hydrogen-bond donors (Lipinski definition) is 0. The summed E-state index contributed by atoms with van der Waals surface area (Å²) in [5, 5.41) is 0. The second kappa shape index (κ2) is 45.5. The predicted octanol–water partition coefficient (Wildman–Crippen LogP) is 16.3. The molecule has 0 amide bonds. The topological polar surface area (TPSA) is 78.9 Å². The summed E-state index contributed by atoms with van der Waals surface area (Å²) in [7, 11) is 0. The lowest BCUT2D eigenvalue weighted by Gasteiger charge is -2.18. The zero-order valence-electron chi connectivity index (χ0n) is 38.8. The molecule has 0 spiro atoms. The number of carbonyl (C=O) groups is 3. The van der Waals surface area contributed by atoms with E-state index in [9.17, 15) is 14.4 Å². The van der Waals surface area contributed by atoms with Crippen LogP contribution < -0.4 is 0 Å². The summed E-state index contributed by atoms with van der Waals surface area (Å²) >= 11 is 0. The highest BCUT2D eigenvalue weighted by Gasteiger charge is 2.19. The second-order valence-corrected chi connectivity index (χ2v) is 17.9. The van der Waals surface area contributed by atoms with Crippen molar-refractivity contribution >= 4 is 17.9 Å². The lowest BCUT2D eigenvalue weighted by molar-refractivity contribution is -0.167. The minimum absolute atomic E-state index is 0.0635. The van der Waals surface area contributed by atoms with Crippen LogP contribution in [0.2, 0.25) is 0 Å². The van der Waals surface area contributed by atoms with E-state index in [1.807, 2.05) is 0 Å². The molecule has 0 aromatic heterocycles. The van der Waals surface area contributed by atoms with Crippen molar-refractivity contribution < 1.29 is 28.6 Å². The Morgan fingerprint density at radius 1 is 0.333 bits per heavy atom. The van der Waals surface area contributed by atoms with E-state index in [-0.39, 0.29) is 31.1 Å². The van der Waals surface area contributed by atoms with Crippen molar-refractivity contribution in [3.8, 4) is 0 Å². The Bertz CT molecular complexity index is 857. The first-order valence-electron chi connectivity index (χ1n) is 25.4. The van der Waals surface area contributed by atoms with Crippen LogP contribution in [0.1, 0.15) is 285 Å². The maximum Gasteiger partial charge on any atom is 0.306 e. The van der Waals surface area contributed by atoms with Crippen molar-refractivity contribution in [1.29, 1.82) is 0 Å². The van der Waals surface area contributed by atoms with Crippen LogP contribution in [0.15, 0.2) is 0 Å². The first-order valence-corrected chi connectivity index (χ1v) is 25.4. The Labute approximate surface area is 355 Å². The second-order valence-electron chi connectivity index (χ2n) is 17.9. The Kier molecular flexibility index (Phi) is 44.2. The van der Waals surface area contributed by atoms with Crippen LogP contribution in [0.5, 0.6) is 0 Å². The first-order chi connectivity index (χ1) is 27.9. The molecule has 0 bridgehead atoms. The third-order valence-corrected chi connectivity index (χ3v) is 11.5. The summed E-state index contributed by atoms with van der Waals surface area (Å²) in [6, 6.07) is 0. The molecule has 6 nitrogen and oxygen atoms in total. The van der Waals surface area contributed by atoms with Gasteiger partial charge in [-0.3, -0.25) is 14.4 Å². The number of esters is 3. The standard InChI is InChI=1S/C51H98O6/c1-5-7-9-11-13-15-17-18-19-20-21-22-23-25-26-30-34-38-42-49(52)55-45-48(46-56-50(53)43-39-35-32-28-29-33-37-41-47(3)4)57-51(54)44-40-36-31-27-24-16-14-12-10-8-6-2/h47-48H,5-46H2,1-4H3/t48-/m0/s1. The van der Waals surface area contributed by atoms with Gasteiger partial charge in [-0.2, -0.15) is 0 Å². The molecule has 57 heavy (non-hydrogen) atoms. The fourth-order valence-electron chi connectivity index (χ4n) is 7.69. The van der Waals surface area contributed by atoms with Gasteiger partial charge in [-0.25, -0.2) is 0 Å². The van der Waals surface area contributed by atoms with E-state index in [1.165, 1.54) is 180 Å². The highest BCUT2D eigenvalue weighted by atomic mass is 16.6. The van der Waals surface area contributed by atoms with Crippen LogP contribution in [0.25, 0.3) is 0 Å². The average molecular weight is 807 g/mol. The van der Waals surface area contributed by atoms with E-state index in [1.54, 1.807) is 0 Å². The minimum atomic E-state index is -0.760.